The first-order chi connectivity index (χ1) is 13.7. The Balaban J connectivity index is 1.51. The molecule has 0 spiro atoms. The molecule has 0 atom stereocenters. The van der Waals surface area contributed by atoms with E-state index in [1.165, 1.54) is 0 Å². The predicted octanol–water partition coefficient (Wildman–Crippen LogP) is 4.22. The number of hydrogen-bond acceptors (Lipinski definition) is 4. The molecule has 1 aliphatic rings. The highest BCUT2D eigenvalue weighted by Crippen LogP contribution is 2.31. The van der Waals surface area contributed by atoms with Gasteiger partial charge in [-0.3, -0.25) is 9.59 Å². The summed E-state index contributed by atoms with van der Waals surface area (Å²) in [5, 5.41) is 2.87. The fraction of sp³-hybridized carbons (Fsp3) is 0.364. The van der Waals surface area contributed by atoms with Gasteiger partial charge in [-0.05, 0) is 49.2 Å². The molecule has 0 unspecified atom stereocenters. The van der Waals surface area contributed by atoms with E-state index < -0.39 is 0 Å². The Bertz CT molecular complexity index is 804. The molecular formula is C22H26N2O4. The second kappa shape index (κ2) is 9.78. The summed E-state index contributed by atoms with van der Waals surface area (Å²) < 4.78 is 11.1. The van der Waals surface area contributed by atoms with Gasteiger partial charge >= 0.3 is 0 Å². The second-order valence-electron chi connectivity index (χ2n) is 6.77. The lowest BCUT2D eigenvalue weighted by molar-refractivity contribution is -0.131. The van der Waals surface area contributed by atoms with E-state index in [4.69, 9.17) is 9.47 Å². The molecule has 6 heteroatoms. The molecular weight excluding hydrogens is 356 g/mol. The normalized spacial score (nSPS) is 14.3. The minimum atomic E-state index is -0.101. The largest absolute Gasteiger partial charge is 0.493 e. The molecule has 1 heterocycles. The number of amides is 2. The van der Waals surface area contributed by atoms with Gasteiger partial charge in [0, 0.05) is 31.6 Å². The van der Waals surface area contributed by atoms with Crippen LogP contribution in [0.1, 0.15) is 32.1 Å². The molecule has 1 aliphatic heterocycles. The zero-order chi connectivity index (χ0) is 19.8. The maximum Gasteiger partial charge on any atom is 0.226 e. The standard InChI is InChI=1S/C22H26N2O4/c1-27-19-7-4-5-8-20(19)28-18-12-10-17(11-13-18)23-21(25)14-16-24-15-6-2-3-9-22(24)26/h4-5,7-8,10-13H,2-3,6,9,14-16H2,1H3,(H,23,25). The van der Waals surface area contributed by atoms with Crippen LogP contribution in [0.15, 0.2) is 48.5 Å². The Morgan fingerprint density at radius 1 is 1.04 bits per heavy atom. The Morgan fingerprint density at radius 2 is 1.79 bits per heavy atom. The molecule has 0 aromatic heterocycles. The summed E-state index contributed by atoms with van der Waals surface area (Å²) in [6.45, 7) is 1.22. The van der Waals surface area contributed by atoms with Crippen molar-refractivity contribution in [2.75, 3.05) is 25.5 Å². The number of benzene rings is 2. The van der Waals surface area contributed by atoms with Crippen molar-refractivity contribution in [2.24, 2.45) is 0 Å². The van der Waals surface area contributed by atoms with Crippen LogP contribution >= 0.6 is 0 Å². The summed E-state index contributed by atoms with van der Waals surface area (Å²) in [4.78, 5) is 26.0. The first-order valence-electron chi connectivity index (χ1n) is 9.64. The molecule has 6 nitrogen and oxygen atoms in total. The SMILES string of the molecule is COc1ccccc1Oc1ccc(NC(=O)CCN2CCCCCC2=O)cc1. The van der Waals surface area contributed by atoms with Crippen LogP contribution < -0.4 is 14.8 Å². The number of likely N-dealkylation sites (tertiary alicyclic amines) is 1. The van der Waals surface area contributed by atoms with Crippen molar-refractivity contribution in [1.82, 2.24) is 4.90 Å². The van der Waals surface area contributed by atoms with Crippen LogP contribution in [-0.4, -0.2) is 36.9 Å². The van der Waals surface area contributed by atoms with Gasteiger partial charge < -0.3 is 19.7 Å². The monoisotopic (exact) mass is 382 g/mol. The van der Waals surface area contributed by atoms with Crippen LogP contribution in [0.2, 0.25) is 0 Å². The van der Waals surface area contributed by atoms with Gasteiger partial charge in [0.15, 0.2) is 11.5 Å². The van der Waals surface area contributed by atoms with Crippen LogP contribution in [0, 0.1) is 0 Å². The van der Waals surface area contributed by atoms with Crippen LogP contribution in [0.4, 0.5) is 5.69 Å². The number of anilines is 1. The van der Waals surface area contributed by atoms with Crippen molar-refractivity contribution in [3.05, 3.63) is 48.5 Å². The topological polar surface area (TPSA) is 67.9 Å². The van der Waals surface area contributed by atoms with Crippen LogP contribution in [0.25, 0.3) is 0 Å². The van der Waals surface area contributed by atoms with E-state index in [9.17, 15) is 9.59 Å². The number of hydrogen-bond donors (Lipinski definition) is 1. The lowest BCUT2D eigenvalue weighted by Gasteiger charge is -2.20. The highest BCUT2D eigenvalue weighted by Gasteiger charge is 2.17. The number of methoxy groups -OCH3 is 1. The van der Waals surface area contributed by atoms with E-state index in [-0.39, 0.29) is 11.8 Å². The summed E-state index contributed by atoms with van der Waals surface area (Å²) in [6.07, 6.45) is 3.93. The Morgan fingerprint density at radius 3 is 2.54 bits per heavy atom. The van der Waals surface area contributed by atoms with Crippen molar-refractivity contribution >= 4 is 17.5 Å². The number of carbonyl (C=O) groups is 2. The van der Waals surface area contributed by atoms with Crippen molar-refractivity contribution in [3.63, 3.8) is 0 Å². The molecule has 3 rings (SSSR count). The minimum absolute atomic E-state index is 0.101. The van der Waals surface area contributed by atoms with Gasteiger partial charge in [-0.2, -0.15) is 0 Å². The highest BCUT2D eigenvalue weighted by molar-refractivity contribution is 5.91. The second-order valence-corrected chi connectivity index (χ2v) is 6.77. The van der Waals surface area contributed by atoms with Crippen LogP contribution in [0.5, 0.6) is 17.2 Å². The Labute approximate surface area is 165 Å². The third kappa shape index (κ3) is 5.49. The average molecular weight is 382 g/mol. The van der Waals surface area contributed by atoms with Crippen molar-refractivity contribution in [1.29, 1.82) is 0 Å². The van der Waals surface area contributed by atoms with Gasteiger partial charge in [-0.1, -0.05) is 18.6 Å². The summed E-state index contributed by atoms with van der Waals surface area (Å²) in [5.74, 6) is 1.99. The first-order valence-corrected chi connectivity index (χ1v) is 9.64. The molecule has 0 aliphatic carbocycles. The van der Waals surface area contributed by atoms with E-state index in [1.54, 1.807) is 36.3 Å². The third-order valence-electron chi connectivity index (χ3n) is 4.72. The molecule has 1 N–H and O–H groups in total. The smallest absolute Gasteiger partial charge is 0.226 e. The van der Waals surface area contributed by atoms with Crippen LogP contribution in [-0.2, 0) is 9.59 Å². The molecule has 2 aromatic rings. The van der Waals surface area contributed by atoms with Gasteiger partial charge in [-0.15, -0.1) is 0 Å². The fourth-order valence-corrected chi connectivity index (χ4v) is 3.17. The van der Waals surface area contributed by atoms with E-state index in [1.807, 2.05) is 24.3 Å². The lowest BCUT2D eigenvalue weighted by Crippen LogP contribution is -2.33. The van der Waals surface area contributed by atoms with Gasteiger partial charge in [-0.25, -0.2) is 0 Å². The van der Waals surface area contributed by atoms with E-state index in [0.29, 0.717) is 42.3 Å². The molecule has 0 saturated carbocycles. The number of nitrogens with one attached hydrogen (secondary N) is 1. The average Bonchev–Trinajstić information content (AvgIpc) is 2.92. The summed E-state index contributed by atoms with van der Waals surface area (Å²) in [6, 6.07) is 14.6. The highest BCUT2D eigenvalue weighted by atomic mass is 16.5. The Hall–Kier alpha value is -3.02. The Kier molecular flexibility index (Phi) is 6.89. The summed E-state index contributed by atoms with van der Waals surface area (Å²) in [7, 11) is 1.60. The molecule has 2 aromatic carbocycles. The quantitative estimate of drug-likeness (QED) is 0.779. The molecule has 1 saturated heterocycles. The molecule has 0 radical (unpaired) electrons. The predicted molar refractivity (Wildman–Crippen MR) is 108 cm³/mol. The summed E-state index contributed by atoms with van der Waals surface area (Å²) in [5.41, 5.74) is 0.694. The maximum absolute atomic E-state index is 12.2. The summed E-state index contributed by atoms with van der Waals surface area (Å²) >= 11 is 0. The number of rotatable bonds is 7. The van der Waals surface area contributed by atoms with Gasteiger partial charge in [0.05, 0.1) is 7.11 Å². The van der Waals surface area contributed by atoms with Crippen LogP contribution in [0.3, 0.4) is 0 Å². The van der Waals surface area contributed by atoms with Crippen molar-refractivity contribution in [3.8, 4) is 17.2 Å². The fourth-order valence-electron chi connectivity index (χ4n) is 3.17. The molecule has 28 heavy (non-hydrogen) atoms. The lowest BCUT2D eigenvalue weighted by atomic mass is 10.2. The minimum Gasteiger partial charge on any atom is -0.493 e. The number of carbonyl (C=O) groups excluding carboxylic acids is 2. The molecule has 2 amide bonds. The van der Waals surface area contributed by atoms with E-state index in [2.05, 4.69) is 5.32 Å². The maximum atomic E-state index is 12.2. The number of nitrogens with zero attached hydrogens (tertiary/aromatic N) is 1. The zero-order valence-corrected chi connectivity index (χ0v) is 16.1. The van der Waals surface area contributed by atoms with Gasteiger partial charge in [0.1, 0.15) is 5.75 Å². The van der Waals surface area contributed by atoms with Gasteiger partial charge in [0.25, 0.3) is 0 Å². The zero-order valence-electron chi connectivity index (χ0n) is 16.1. The molecule has 0 bridgehead atoms. The number of para-hydroxylation sites is 2. The van der Waals surface area contributed by atoms with E-state index in [0.717, 1.165) is 25.8 Å². The molecule has 1 fully saturated rings. The first kappa shape index (κ1) is 19.7. The molecule has 148 valence electrons. The van der Waals surface area contributed by atoms with E-state index >= 15 is 0 Å². The van der Waals surface area contributed by atoms with Crippen molar-refractivity contribution in [2.45, 2.75) is 32.1 Å². The third-order valence-corrected chi connectivity index (χ3v) is 4.72. The van der Waals surface area contributed by atoms with Crippen molar-refractivity contribution < 1.29 is 19.1 Å². The number of ether oxygens (including phenoxy) is 2. The van der Waals surface area contributed by atoms with Gasteiger partial charge in [0.2, 0.25) is 11.8 Å².